The van der Waals surface area contributed by atoms with E-state index < -0.39 is 17.8 Å². The van der Waals surface area contributed by atoms with Crippen LogP contribution in [0.1, 0.15) is 18.4 Å². The summed E-state index contributed by atoms with van der Waals surface area (Å²) in [6.45, 7) is 1.25. The predicted octanol–water partition coefficient (Wildman–Crippen LogP) is 2.53. The Labute approximate surface area is 104 Å². The van der Waals surface area contributed by atoms with Gasteiger partial charge in [0.1, 0.15) is 11.9 Å². The fourth-order valence-electron chi connectivity index (χ4n) is 2.17. The molecule has 5 heteroatoms. The maximum absolute atomic E-state index is 13.0. The van der Waals surface area contributed by atoms with E-state index >= 15 is 0 Å². The van der Waals surface area contributed by atoms with E-state index in [1.165, 1.54) is 6.07 Å². The van der Waals surface area contributed by atoms with Gasteiger partial charge in [0.15, 0.2) is 0 Å². The van der Waals surface area contributed by atoms with Gasteiger partial charge >= 0.3 is 5.97 Å². The summed E-state index contributed by atoms with van der Waals surface area (Å²) in [5.74, 6) is -1.25. The molecule has 1 saturated heterocycles. The number of nitrogens with zero attached hydrogens (tertiary/aromatic N) is 1. The highest BCUT2D eigenvalue weighted by Gasteiger charge is 2.30. The second kappa shape index (κ2) is 5.02. The summed E-state index contributed by atoms with van der Waals surface area (Å²) in [6.07, 6.45) is 1.55. The molecule has 0 aliphatic carbocycles. The fraction of sp³-hybridized carbons (Fsp3) is 0.417. The van der Waals surface area contributed by atoms with Crippen LogP contribution in [0.15, 0.2) is 18.2 Å². The molecule has 0 radical (unpaired) electrons. The van der Waals surface area contributed by atoms with Crippen LogP contribution >= 0.6 is 11.6 Å². The molecule has 1 fully saturated rings. The zero-order chi connectivity index (χ0) is 12.4. The molecule has 0 amide bonds. The summed E-state index contributed by atoms with van der Waals surface area (Å²) < 4.78 is 13.0. The van der Waals surface area contributed by atoms with Gasteiger partial charge in [-0.05, 0) is 37.1 Å². The van der Waals surface area contributed by atoms with Gasteiger partial charge in [-0.3, -0.25) is 9.69 Å². The third-order valence-electron chi connectivity index (χ3n) is 3.02. The zero-order valence-corrected chi connectivity index (χ0v) is 9.95. The van der Waals surface area contributed by atoms with E-state index in [2.05, 4.69) is 0 Å². The Kier molecular flexibility index (Phi) is 3.64. The quantitative estimate of drug-likeness (QED) is 0.905. The van der Waals surface area contributed by atoms with E-state index in [-0.39, 0.29) is 5.02 Å². The molecular weight excluding hydrogens is 245 g/mol. The Balaban J connectivity index is 2.09. The van der Waals surface area contributed by atoms with Gasteiger partial charge < -0.3 is 5.11 Å². The lowest BCUT2D eigenvalue weighted by molar-refractivity contribution is -0.142. The van der Waals surface area contributed by atoms with E-state index in [0.717, 1.165) is 18.5 Å². The summed E-state index contributed by atoms with van der Waals surface area (Å²) in [5.41, 5.74) is 0.838. The van der Waals surface area contributed by atoms with Gasteiger partial charge in [-0.15, -0.1) is 0 Å². The smallest absolute Gasteiger partial charge is 0.320 e. The summed E-state index contributed by atoms with van der Waals surface area (Å²) in [5, 5.41) is 9.11. The Bertz CT molecular complexity index is 439. The van der Waals surface area contributed by atoms with Crippen molar-refractivity contribution >= 4 is 17.6 Å². The summed E-state index contributed by atoms with van der Waals surface area (Å²) >= 11 is 5.69. The van der Waals surface area contributed by atoms with E-state index in [4.69, 9.17) is 16.7 Å². The van der Waals surface area contributed by atoms with E-state index in [9.17, 15) is 9.18 Å². The number of benzene rings is 1. The Hall–Kier alpha value is -1.13. The second-order valence-electron chi connectivity index (χ2n) is 4.22. The molecule has 92 valence electrons. The van der Waals surface area contributed by atoms with Crippen molar-refractivity contribution in [3.05, 3.63) is 34.6 Å². The van der Waals surface area contributed by atoms with E-state index in [1.807, 2.05) is 4.90 Å². The first-order valence-electron chi connectivity index (χ1n) is 5.48. The number of hydrogen-bond donors (Lipinski definition) is 1. The molecule has 0 unspecified atom stereocenters. The van der Waals surface area contributed by atoms with Crippen LogP contribution in [-0.4, -0.2) is 28.6 Å². The number of rotatable bonds is 3. The standard InChI is InChI=1S/C12H13ClFNO2/c13-9-6-8(3-4-10(9)14)7-15-5-1-2-11(15)12(16)17/h3-4,6,11H,1-2,5,7H2,(H,16,17)/t11-/m1/s1. The number of aliphatic carboxylic acids is 1. The largest absolute Gasteiger partial charge is 0.480 e. The lowest BCUT2D eigenvalue weighted by Gasteiger charge is -2.21. The summed E-state index contributed by atoms with van der Waals surface area (Å²) in [6, 6.07) is 4.06. The van der Waals surface area contributed by atoms with Crippen molar-refractivity contribution in [2.75, 3.05) is 6.54 Å². The third kappa shape index (κ3) is 2.76. The molecule has 2 rings (SSSR count). The van der Waals surface area contributed by atoms with Gasteiger partial charge in [-0.25, -0.2) is 4.39 Å². The summed E-state index contributed by atoms with van der Waals surface area (Å²) in [7, 11) is 0. The molecule has 1 atom stereocenters. The highest BCUT2D eigenvalue weighted by molar-refractivity contribution is 6.30. The number of halogens is 2. The highest BCUT2D eigenvalue weighted by Crippen LogP contribution is 2.22. The second-order valence-corrected chi connectivity index (χ2v) is 4.62. The van der Waals surface area contributed by atoms with Crippen molar-refractivity contribution in [2.45, 2.75) is 25.4 Å². The predicted molar refractivity (Wildman–Crippen MR) is 62.5 cm³/mol. The van der Waals surface area contributed by atoms with Crippen molar-refractivity contribution in [2.24, 2.45) is 0 Å². The van der Waals surface area contributed by atoms with Crippen LogP contribution in [0.5, 0.6) is 0 Å². The average molecular weight is 258 g/mol. The van der Waals surface area contributed by atoms with Crippen LogP contribution < -0.4 is 0 Å². The van der Waals surface area contributed by atoms with Gasteiger partial charge in [-0.1, -0.05) is 17.7 Å². The normalized spacial score (nSPS) is 20.7. The van der Waals surface area contributed by atoms with Crippen LogP contribution in [0.2, 0.25) is 5.02 Å². The van der Waals surface area contributed by atoms with Gasteiger partial charge in [0, 0.05) is 6.54 Å². The van der Waals surface area contributed by atoms with E-state index in [1.54, 1.807) is 12.1 Å². The third-order valence-corrected chi connectivity index (χ3v) is 3.31. The number of carboxylic acids is 1. The molecule has 1 aliphatic heterocycles. The number of likely N-dealkylation sites (tertiary alicyclic amines) is 1. The number of carbonyl (C=O) groups is 1. The van der Waals surface area contributed by atoms with Gasteiger partial charge in [-0.2, -0.15) is 0 Å². The minimum atomic E-state index is -0.796. The zero-order valence-electron chi connectivity index (χ0n) is 9.20. The molecular formula is C12H13ClFNO2. The lowest BCUT2D eigenvalue weighted by Crippen LogP contribution is -2.35. The highest BCUT2D eigenvalue weighted by atomic mass is 35.5. The SMILES string of the molecule is O=C(O)[C@H]1CCCN1Cc1ccc(F)c(Cl)c1. The molecule has 0 spiro atoms. The number of carboxylic acid groups (broad SMARTS) is 1. The number of hydrogen-bond acceptors (Lipinski definition) is 2. The van der Waals surface area contributed by atoms with Crippen molar-refractivity contribution in [1.82, 2.24) is 4.90 Å². The molecule has 1 aromatic carbocycles. The monoisotopic (exact) mass is 257 g/mol. The molecule has 0 bridgehead atoms. The lowest BCUT2D eigenvalue weighted by atomic mass is 10.2. The fourth-order valence-corrected chi connectivity index (χ4v) is 2.37. The molecule has 0 aromatic heterocycles. The van der Waals surface area contributed by atoms with Gasteiger partial charge in [0.2, 0.25) is 0 Å². The molecule has 17 heavy (non-hydrogen) atoms. The Morgan fingerprint density at radius 2 is 2.35 bits per heavy atom. The summed E-state index contributed by atoms with van der Waals surface area (Å²) in [4.78, 5) is 12.9. The van der Waals surface area contributed by atoms with Crippen LogP contribution in [0.3, 0.4) is 0 Å². The van der Waals surface area contributed by atoms with Crippen LogP contribution in [-0.2, 0) is 11.3 Å². The van der Waals surface area contributed by atoms with Gasteiger partial charge in [0.05, 0.1) is 5.02 Å². The van der Waals surface area contributed by atoms with Gasteiger partial charge in [0.25, 0.3) is 0 Å². The maximum atomic E-state index is 13.0. The first-order valence-corrected chi connectivity index (χ1v) is 5.86. The molecule has 3 nitrogen and oxygen atoms in total. The topological polar surface area (TPSA) is 40.5 Å². The van der Waals surface area contributed by atoms with Crippen molar-refractivity contribution in [1.29, 1.82) is 0 Å². The maximum Gasteiger partial charge on any atom is 0.320 e. The first kappa shape index (κ1) is 12.3. The molecule has 1 aromatic rings. The van der Waals surface area contributed by atoms with Crippen LogP contribution in [0.25, 0.3) is 0 Å². The minimum Gasteiger partial charge on any atom is -0.480 e. The molecule has 1 N–H and O–H groups in total. The van der Waals surface area contributed by atoms with Crippen molar-refractivity contribution in [3.63, 3.8) is 0 Å². The van der Waals surface area contributed by atoms with Crippen molar-refractivity contribution in [3.8, 4) is 0 Å². The average Bonchev–Trinajstić information content (AvgIpc) is 2.72. The Morgan fingerprint density at radius 1 is 1.59 bits per heavy atom. The molecule has 1 aliphatic rings. The van der Waals surface area contributed by atoms with E-state index in [0.29, 0.717) is 13.0 Å². The van der Waals surface area contributed by atoms with Crippen molar-refractivity contribution < 1.29 is 14.3 Å². The Morgan fingerprint density at radius 3 is 3.00 bits per heavy atom. The first-order chi connectivity index (χ1) is 8.08. The molecule has 1 heterocycles. The van der Waals surface area contributed by atoms with Crippen LogP contribution in [0.4, 0.5) is 4.39 Å². The van der Waals surface area contributed by atoms with Crippen LogP contribution in [0, 0.1) is 5.82 Å². The molecule has 0 saturated carbocycles. The minimum absolute atomic E-state index is 0.0774.